The van der Waals surface area contributed by atoms with E-state index in [-0.39, 0.29) is 38.4 Å². The van der Waals surface area contributed by atoms with E-state index in [0.717, 1.165) is 5.56 Å². The maximum atomic E-state index is 13.3. The van der Waals surface area contributed by atoms with Gasteiger partial charge in [-0.25, -0.2) is 8.42 Å². The first-order valence-corrected chi connectivity index (χ1v) is 13.0. The number of hydrogen-bond donors (Lipinski definition) is 2. The second kappa shape index (κ2) is 10.9. The van der Waals surface area contributed by atoms with Crippen molar-refractivity contribution in [1.29, 1.82) is 0 Å². The summed E-state index contributed by atoms with van der Waals surface area (Å²) in [6.45, 7) is 1.91. The van der Waals surface area contributed by atoms with Gasteiger partial charge in [0.2, 0.25) is 0 Å². The van der Waals surface area contributed by atoms with E-state index >= 15 is 0 Å². The minimum absolute atomic E-state index is 0.0688. The number of benzene rings is 4. The molecule has 9 heteroatoms. The summed E-state index contributed by atoms with van der Waals surface area (Å²) < 4.78 is 34.5. The first-order chi connectivity index (χ1) is 17.7. The molecule has 0 radical (unpaired) electrons. The molecule has 0 saturated heterocycles. The average Bonchev–Trinajstić information content (AvgIpc) is 2.90. The van der Waals surface area contributed by atoms with Gasteiger partial charge < -0.3 is 10.1 Å². The number of aryl methyl sites for hydroxylation is 1. The summed E-state index contributed by atoms with van der Waals surface area (Å²) in [4.78, 5) is 25.7. The van der Waals surface area contributed by atoms with Crippen LogP contribution in [0.15, 0.2) is 95.9 Å². The Morgan fingerprint density at radius 2 is 1.51 bits per heavy atom. The highest BCUT2D eigenvalue weighted by molar-refractivity contribution is 7.92. The van der Waals surface area contributed by atoms with E-state index in [4.69, 9.17) is 16.3 Å². The van der Waals surface area contributed by atoms with Gasteiger partial charge >= 0.3 is 0 Å². The molecule has 0 unspecified atom stereocenters. The molecule has 0 aliphatic carbocycles. The summed E-state index contributed by atoms with van der Waals surface area (Å²) >= 11 is 6.11. The lowest BCUT2D eigenvalue weighted by Crippen LogP contribution is -2.17. The standard InChI is InChI=1S/C28H23ClN2O5S/c1-18-8-10-20(11-9-18)28(33)30-25-17-22(13-15-26(25)36-2)37(34,35)31-24-14-12-21(29)16-23(24)27(32)19-6-4-3-5-7-19/h3-17,31H,1-2H3,(H,30,33). The largest absolute Gasteiger partial charge is 0.495 e. The van der Waals surface area contributed by atoms with E-state index in [1.165, 1.54) is 43.5 Å². The molecule has 0 aliphatic heterocycles. The summed E-state index contributed by atoms with van der Waals surface area (Å²) in [7, 11) is -2.75. The van der Waals surface area contributed by atoms with Gasteiger partial charge in [-0.2, -0.15) is 0 Å². The summed E-state index contributed by atoms with van der Waals surface area (Å²) in [5.74, 6) is -0.526. The Balaban J connectivity index is 1.66. The van der Waals surface area contributed by atoms with E-state index in [0.29, 0.717) is 11.1 Å². The molecule has 4 aromatic carbocycles. The molecule has 0 heterocycles. The number of hydrogen-bond acceptors (Lipinski definition) is 5. The maximum Gasteiger partial charge on any atom is 0.261 e. The molecule has 4 aromatic rings. The molecule has 1 amide bonds. The van der Waals surface area contributed by atoms with Crippen LogP contribution in [0.2, 0.25) is 5.02 Å². The van der Waals surface area contributed by atoms with Crippen LogP contribution in [0.5, 0.6) is 5.75 Å². The molecule has 0 bridgehead atoms. The van der Waals surface area contributed by atoms with Crippen LogP contribution < -0.4 is 14.8 Å². The third kappa shape index (κ3) is 5.99. The predicted molar refractivity (Wildman–Crippen MR) is 144 cm³/mol. The lowest BCUT2D eigenvalue weighted by atomic mass is 10.0. The molecule has 0 spiro atoms. The molecule has 2 N–H and O–H groups in total. The Bertz CT molecular complexity index is 1570. The minimum atomic E-state index is -4.17. The van der Waals surface area contributed by atoms with Crippen molar-refractivity contribution >= 4 is 44.7 Å². The van der Waals surface area contributed by atoms with Crippen molar-refractivity contribution in [3.05, 3.63) is 118 Å². The zero-order valence-corrected chi connectivity index (χ0v) is 21.6. The number of sulfonamides is 1. The second-order valence-electron chi connectivity index (χ2n) is 8.17. The fraction of sp³-hybridized carbons (Fsp3) is 0.0714. The molecule has 7 nitrogen and oxygen atoms in total. The smallest absolute Gasteiger partial charge is 0.261 e. The number of ketones is 1. The molecule has 0 saturated carbocycles. The number of anilines is 2. The van der Waals surface area contributed by atoms with E-state index in [1.807, 2.05) is 6.92 Å². The number of amides is 1. The highest BCUT2D eigenvalue weighted by Crippen LogP contribution is 2.31. The third-order valence-corrected chi connectivity index (χ3v) is 7.15. The number of nitrogens with one attached hydrogen (secondary N) is 2. The van der Waals surface area contributed by atoms with Crippen molar-refractivity contribution < 1.29 is 22.7 Å². The van der Waals surface area contributed by atoms with E-state index in [2.05, 4.69) is 10.0 Å². The van der Waals surface area contributed by atoms with Gasteiger partial charge in [0.15, 0.2) is 5.78 Å². The Labute approximate surface area is 220 Å². The fourth-order valence-corrected chi connectivity index (χ4v) is 4.87. The molecule has 0 fully saturated rings. The molecule has 4 rings (SSSR count). The van der Waals surface area contributed by atoms with E-state index < -0.39 is 15.9 Å². The average molecular weight is 535 g/mol. The predicted octanol–water partition coefficient (Wildman–Crippen LogP) is 5.94. The molecular weight excluding hydrogens is 512 g/mol. The first-order valence-electron chi connectivity index (χ1n) is 11.2. The van der Waals surface area contributed by atoms with Crippen molar-refractivity contribution in [3.63, 3.8) is 0 Å². The highest BCUT2D eigenvalue weighted by Gasteiger charge is 2.22. The van der Waals surface area contributed by atoms with Gasteiger partial charge in [-0.05, 0) is 55.5 Å². The lowest BCUT2D eigenvalue weighted by Gasteiger charge is -2.15. The van der Waals surface area contributed by atoms with Crippen LogP contribution in [-0.2, 0) is 10.0 Å². The quantitative estimate of drug-likeness (QED) is 0.272. The lowest BCUT2D eigenvalue weighted by molar-refractivity contribution is 0.102. The monoisotopic (exact) mass is 534 g/mol. The van der Waals surface area contributed by atoms with Crippen molar-refractivity contribution in [2.75, 3.05) is 17.1 Å². The van der Waals surface area contributed by atoms with Gasteiger partial charge in [0, 0.05) is 21.7 Å². The van der Waals surface area contributed by atoms with E-state index in [1.54, 1.807) is 54.6 Å². The Kier molecular flexibility index (Phi) is 7.61. The molecule has 188 valence electrons. The van der Waals surface area contributed by atoms with Crippen LogP contribution >= 0.6 is 11.6 Å². The Morgan fingerprint density at radius 1 is 0.811 bits per heavy atom. The summed E-state index contributed by atoms with van der Waals surface area (Å²) in [6, 6.07) is 23.8. The van der Waals surface area contributed by atoms with E-state index in [9.17, 15) is 18.0 Å². The number of halogens is 1. The zero-order valence-electron chi connectivity index (χ0n) is 20.0. The molecule has 37 heavy (non-hydrogen) atoms. The SMILES string of the molecule is COc1ccc(S(=O)(=O)Nc2ccc(Cl)cc2C(=O)c2ccccc2)cc1NC(=O)c1ccc(C)cc1. The van der Waals surface area contributed by atoms with Crippen molar-refractivity contribution in [3.8, 4) is 5.75 Å². The zero-order chi connectivity index (χ0) is 26.6. The normalized spacial score (nSPS) is 11.0. The first kappa shape index (κ1) is 25.9. The van der Waals surface area contributed by atoms with Crippen LogP contribution in [0.25, 0.3) is 0 Å². The Hall–Kier alpha value is -4.14. The van der Waals surface area contributed by atoms with Gasteiger partial charge in [0.25, 0.3) is 15.9 Å². The number of carbonyl (C=O) groups is 2. The number of ether oxygens (including phenoxy) is 1. The van der Waals surface area contributed by atoms with Crippen molar-refractivity contribution in [2.24, 2.45) is 0 Å². The van der Waals surface area contributed by atoms with Gasteiger partial charge in [-0.3, -0.25) is 14.3 Å². The summed E-state index contributed by atoms with van der Waals surface area (Å²) in [5.41, 5.74) is 2.14. The van der Waals surface area contributed by atoms with Crippen molar-refractivity contribution in [1.82, 2.24) is 0 Å². The van der Waals surface area contributed by atoms with Gasteiger partial charge in [-0.1, -0.05) is 59.6 Å². The number of carbonyl (C=O) groups excluding carboxylic acids is 2. The molecular formula is C28H23ClN2O5S. The highest BCUT2D eigenvalue weighted by atomic mass is 35.5. The Morgan fingerprint density at radius 3 is 2.19 bits per heavy atom. The molecule has 0 aliphatic rings. The van der Waals surface area contributed by atoms with Gasteiger partial charge in [-0.15, -0.1) is 0 Å². The van der Waals surface area contributed by atoms with Crippen LogP contribution in [0.3, 0.4) is 0 Å². The van der Waals surface area contributed by atoms with Gasteiger partial charge in [0.05, 0.1) is 23.4 Å². The number of rotatable bonds is 8. The van der Waals surface area contributed by atoms with Crippen LogP contribution in [0.1, 0.15) is 31.8 Å². The van der Waals surface area contributed by atoms with Gasteiger partial charge in [0.1, 0.15) is 5.75 Å². The van der Waals surface area contributed by atoms with Crippen LogP contribution in [-0.4, -0.2) is 27.2 Å². The van der Waals surface area contributed by atoms with Crippen molar-refractivity contribution in [2.45, 2.75) is 11.8 Å². The molecule has 0 aromatic heterocycles. The summed E-state index contributed by atoms with van der Waals surface area (Å²) in [5, 5.41) is 2.99. The fourth-order valence-electron chi connectivity index (χ4n) is 3.59. The number of methoxy groups -OCH3 is 1. The summed E-state index contributed by atoms with van der Waals surface area (Å²) in [6.07, 6.45) is 0. The second-order valence-corrected chi connectivity index (χ2v) is 10.3. The third-order valence-electron chi connectivity index (χ3n) is 5.55. The molecule has 0 atom stereocenters. The van der Waals surface area contributed by atoms with Crippen LogP contribution in [0, 0.1) is 6.92 Å². The van der Waals surface area contributed by atoms with Crippen LogP contribution in [0.4, 0.5) is 11.4 Å². The minimum Gasteiger partial charge on any atom is -0.495 e. The maximum absolute atomic E-state index is 13.3. The topological polar surface area (TPSA) is 102 Å².